The van der Waals surface area contributed by atoms with Gasteiger partial charge < -0.3 is 10.1 Å². The third-order valence-corrected chi connectivity index (χ3v) is 2.07. The van der Waals surface area contributed by atoms with Crippen molar-refractivity contribution in [2.24, 2.45) is 5.92 Å². The van der Waals surface area contributed by atoms with Crippen LogP contribution in [0.5, 0.6) is 0 Å². The fourth-order valence-electron chi connectivity index (χ4n) is 1.32. The molecule has 1 amide bonds. The monoisotopic (exact) mass is 141 g/mol. The fraction of sp³-hybridized carbons (Fsp3) is 0.857. The van der Waals surface area contributed by atoms with Gasteiger partial charge in [0.1, 0.15) is 6.61 Å². The molecule has 1 aliphatic carbocycles. The molecule has 0 aromatic carbocycles. The molecule has 1 saturated heterocycles. The zero-order valence-corrected chi connectivity index (χ0v) is 5.80. The van der Waals surface area contributed by atoms with Crippen LogP contribution in [0.1, 0.15) is 12.8 Å². The number of hydrogen-bond donors (Lipinski definition) is 1. The Labute approximate surface area is 59.7 Å². The first-order valence-electron chi connectivity index (χ1n) is 3.73. The minimum Gasteiger partial charge on any atom is -0.370 e. The van der Waals surface area contributed by atoms with Crippen molar-refractivity contribution in [3.63, 3.8) is 0 Å². The van der Waals surface area contributed by atoms with Gasteiger partial charge in [-0.25, -0.2) is 0 Å². The van der Waals surface area contributed by atoms with Crippen LogP contribution >= 0.6 is 0 Å². The quantitative estimate of drug-likeness (QED) is 0.554. The van der Waals surface area contributed by atoms with Crippen molar-refractivity contribution >= 4 is 5.91 Å². The predicted octanol–water partition coefficient (Wildman–Crippen LogP) is -0.0886. The molecule has 0 aromatic heterocycles. The lowest BCUT2D eigenvalue weighted by Crippen LogP contribution is -2.46. The van der Waals surface area contributed by atoms with Gasteiger partial charge >= 0.3 is 0 Å². The van der Waals surface area contributed by atoms with Crippen LogP contribution in [0.15, 0.2) is 0 Å². The number of nitrogens with one attached hydrogen (secondary N) is 1. The molecule has 0 unspecified atom stereocenters. The van der Waals surface area contributed by atoms with Gasteiger partial charge in [0.05, 0.1) is 12.6 Å². The van der Waals surface area contributed by atoms with Gasteiger partial charge in [0.25, 0.3) is 0 Å². The van der Waals surface area contributed by atoms with Gasteiger partial charge in [-0.2, -0.15) is 0 Å². The smallest absolute Gasteiger partial charge is 0.246 e. The minimum atomic E-state index is 0.0446. The van der Waals surface area contributed by atoms with E-state index in [4.69, 9.17) is 4.74 Å². The van der Waals surface area contributed by atoms with Crippen LogP contribution in [0.2, 0.25) is 0 Å². The fourth-order valence-corrected chi connectivity index (χ4v) is 1.32. The highest BCUT2D eigenvalue weighted by molar-refractivity contribution is 5.78. The van der Waals surface area contributed by atoms with Crippen LogP contribution in [0.3, 0.4) is 0 Å². The van der Waals surface area contributed by atoms with Crippen molar-refractivity contribution in [1.82, 2.24) is 5.32 Å². The molecule has 1 heterocycles. The summed E-state index contributed by atoms with van der Waals surface area (Å²) in [4.78, 5) is 10.8. The molecule has 3 nitrogen and oxygen atoms in total. The number of carbonyl (C=O) groups is 1. The van der Waals surface area contributed by atoms with E-state index in [0.29, 0.717) is 12.0 Å². The molecule has 1 aliphatic heterocycles. The van der Waals surface area contributed by atoms with Crippen molar-refractivity contribution < 1.29 is 9.53 Å². The summed E-state index contributed by atoms with van der Waals surface area (Å²) in [6.07, 6.45) is 2.52. The Morgan fingerprint density at radius 2 is 2.30 bits per heavy atom. The van der Waals surface area contributed by atoms with Crippen LogP contribution in [-0.2, 0) is 9.53 Å². The van der Waals surface area contributed by atoms with E-state index in [1.54, 1.807) is 0 Å². The van der Waals surface area contributed by atoms with Crippen molar-refractivity contribution in [1.29, 1.82) is 0 Å². The molecule has 3 heteroatoms. The second-order valence-corrected chi connectivity index (χ2v) is 3.03. The average molecular weight is 141 g/mol. The molecule has 0 radical (unpaired) electrons. The van der Waals surface area contributed by atoms with E-state index >= 15 is 0 Å². The normalized spacial score (nSPS) is 33.6. The lowest BCUT2D eigenvalue weighted by Gasteiger charge is -2.22. The number of amides is 1. The van der Waals surface area contributed by atoms with Crippen molar-refractivity contribution in [3.8, 4) is 0 Å². The third-order valence-electron chi connectivity index (χ3n) is 2.07. The highest BCUT2D eigenvalue weighted by atomic mass is 16.5. The molecule has 2 aliphatic rings. The summed E-state index contributed by atoms with van der Waals surface area (Å²) in [5, 5.41) is 2.91. The highest BCUT2D eigenvalue weighted by Gasteiger charge is 2.34. The van der Waals surface area contributed by atoms with Gasteiger partial charge in [0.15, 0.2) is 0 Å². The first-order chi connectivity index (χ1) is 4.86. The Bertz CT molecular complexity index is 154. The van der Waals surface area contributed by atoms with Gasteiger partial charge in [0, 0.05) is 0 Å². The van der Waals surface area contributed by atoms with Crippen LogP contribution in [0.25, 0.3) is 0 Å². The van der Waals surface area contributed by atoms with Gasteiger partial charge in [-0.05, 0) is 18.8 Å². The van der Waals surface area contributed by atoms with Crippen LogP contribution in [-0.4, -0.2) is 25.2 Å². The number of rotatable bonds is 1. The minimum absolute atomic E-state index is 0.0446. The standard InChI is InChI=1S/C7H11NO2/c9-7-4-10-3-6(8-7)5-1-2-5/h5-6H,1-4H2,(H,8,9)/t6-/m1/s1. The van der Waals surface area contributed by atoms with E-state index in [0.717, 1.165) is 6.61 Å². The van der Waals surface area contributed by atoms with E-state index in [-0.39, 0.29) is 12.5 Å². The zero-order valence-electron chi connectivity index (χ0n) is 5.80. The van der Waals surface area contributed by atoms with Gasteiger partial charge in [-0.1, -0.05) is 0 Å². The summed E-state index contributed by atoms with van der Waals surface area (Å²) >= 11 is 0. The van der Waals surface area contributed by atoms with Crippen LogP contribution in [0.4, 0.5) is 0 Å². The lowest BCUT2D eigenvalue weighted by atomic mass is 10.2. The summed E-state index contributed by atoms with van der Waals surface area (Å²) in [6.45, 7) is 0.972. The van der Waals surface area contributed by atoms with Crippen molar-refractivity contribution in [3.05, 3.63) is 0 Å². The summed E-state index contributed by atoms with van der Waals surface area (Å²) < 4.78 is 5.08. The van der Waals surface area contributed by atoms with Gasteiger partial charge in [-0.3, -0.25) is 4.79 Å². The Kier molecular flexibility index (Phi) is 1.38. The maximum absolute atomic E-state index is 10.8. The molecule has 0 spiro atoms. The number of hydrogen-bond acceptors (Lipinski definition) is 2. The maximum Gasteiger partial charge on any atom is 0.246 e. The SMILES string of the molecule is O=C1COC[C@H](C2CC2)N1. The molecule has 1 atom stereocenters. The van der Waals surface area contributed by atoms with Gasteiger partial charge in [0.2, 0.25) is 5.91 Å². The topological polar surface area (TPSA) is 38.3 Å². The van der Waals surface area contributed by atoms with Crippen molar-refractivity contribution in [2.45, 2.75) is 18.9 Å². The second-order valence-electron chi connectivity index (χ2n) is 3.03. The molecule has 0 aromatic rings. The molecule has 2 fully saturated rings. The largest absolute Gasteiger partial charge is 0.370 e. The lowest BCUT2D eigenvalue weighted by molar-refractivity contribution is -0.131. The molecule has 1 N–H and O–H groups in total. The predicted molar refractivity (Wildman–Crippen MR) is 35.5 cm³/mol. The van der Waals surface area contributed by atoms with E-state index in [1.165, 1.54) is 12.8 Å². The summed E-state index contributed by atoms with van der Waals surface area (Å²) in [7, 11) is 0. The molecular weight excluding hydrogens is 130 g/mol. The molecular formula is C7H11NO2. The second kappa shape index (κ2) is 2.23. The molecule has 0 bridgehead atoms. The van der Waals surface area contributed by atoms with E-state index < -0.39 is 0 Å². The van der Waals surface area contributed by atoms with Crippen molar-refractivity contribution in [2.75, 3.05) is 13.2 Å². The average Bonchev–Trinajstić information content (AvgIpc) is 2.68. The summed E-state index contributed by atoms with van der Waals surface area (Å²) in [5.41, 5.74) is 0. The summed E-state index contributed by atoms with van der Waals surface area (Å²) in [6, 6.07) is 0.321. The Morgan fingerprint density at radius 3 is 2.90 bits per heavy atom. The first-order valence-corrected chi connectivity index (χ1v) is 3.73. The maximum atomic E-state index is 10.8. The molecule has 56 valence electrons. The molecule has 2 rings (SSSR count). The number of morpholine rings is 1. The third kappa shape index (κ3) is 1.14. The zero-order chi connectivity index (χ0) is 6.97. The van der Waals surface area contributed by atoms with E-state index in [2.05, 4.69) is 5.32 Å². The van der Waals surface area contributed by atoms with E-state index in [9.17, 15) is 4.79 Å². The molecule has 10 heavy (non-hydrogen) atoms. The molecule has 1 saturated carbocycles. The van der Waals surface area contributed by atoms with Gasteiger partial charge in [-0.15, -0.1) is 0 Å². The van der Waals surface area contributed by atoms with Crippen LogP contribution < -0.4 is 5.32 Å². The highest BCUT2D eigenvalue weighted by Crippen LogP contribution is 2.33. The Hall–Kier alpha value is -0.570. The number of ether oxygens (including phenoxy) is 1. The Morgan fingerprint density at radius 1 is 1.50 bits per heavy atom. The Balaban J connectivity index is 1.89. The number of carbonyl (C=O) groups excluding carboxylic acids is 1. The first kappa shape index (κ1) is 6.16. The van der Waals surface area contributed by atoms with Crippen LogP contribution in [0, 0.1) is 5.92 Å². The van der Waals surface area contributed by atoms with E-state index in [1.807, 2.05) is 0 Å². The summed E-state index contributed by atoms with van der Waals surface area (Å²) in [5.74, 6) is 0.757.